The Morgan fingerprint density at radius 1 is 1.04 bits per heavy atom. The number of benzene rings is 1. The second-order valence-electron chi connectivity index (χ2n) is 7.80. The van der Waals surface area contributed by atoms with Gasteiger partial charge in [0.15, 0.2) is 0 Å². The largest absolute Gasteiger partial charge is 0.304 e. The number of piperidine rings is 1. The predicted molar refractivity (Wildman–Crippen MR) is 115 cm³/mol. The van der Waals surface area contributed by atoms with Crippen LogP contribution in [-0.4, -0.2) is 52.1 Å². The Labute approximate surface area is 168 Å². The summed E-state index contributed by atoms with van der Waals surface area (Å²) in [6.07, 6.45) is 7.66. The van der Waals surface area contributed by atoms with Crippen molar-refractivity contribution in [3.63, 3.8) is 0 Å². The van der Waals surface area contributed by atoms with Gasteiger partial charge in [-0.25, -0.2) is 4.98 Å². The van der Waals surface area contributed by atoms with Crippen LogP contribution < -0.4 is 0 Å². The summed E-state index contributed by atoms with van der Waals surface area (Å²) in [7, 11) is 2.29. The van der Waals surface area contributed by atoms with Crippen molar-refractivity contribution in [2.24, 2.45) is 0 Å². The molecule has 0 N–H and O–H groups in total. The molecular formula is C24H30N4. The molecule has 1 aliphatic rings. The Morgan fingerprint density at radius 2 is 1.89 bits per heavy atom. The van der Waals surface area contributed by atoms with Gasteiger partial charge >= 0.3 is 0 Å². The third-order valence-electron chi connectivity index (χ3n) is 5.81. The summed E-state index contributed by atoms with van der Waals surface area (Å²) in [5.74, 6) is 0.996. The maximum Gasteiger partial charge on any atom is 0.136 e. The molecule has 0 amide bonds. The molecule has 28 heavy (non-hydrogen) atoms. The number of likely N-dealkylation sites (tertiary alicyclic amines) is 1. The molecule has 0 spiro atoms. The normalized spacial score (nSPS) is 17.9. The fraction of sp³-hybridized carbons (Fsp3) is 0.375. The van der Waals surface area contributed by atoms with Crippen molar-refractivity contribution in [3.05, 3.63) is 84.3 Å². The molecule has 0 bridgehead atoms. The molecule has 3 aromatic rings. The van der Waals surface area contributed by atoms with Crippen LogP contribution in [0.15, 0.2) is 73.1 Å². The molecule has 4 heteroatoms. The smallest absolute Gasteiger partial charge is 0.136 e. The first-order valence-electron chi connectivity index (χ1n) is 10.3. The van der Waals surface area contributed by atoms with Crippen molar-refractivity contribution in [2.75, 3.05) is 26.7 Å². The average molecular weight is 375 g/mol. The van der Waals surface area contributed by atoms with E-state index in [0.717, 1.165) is 31.9 Å². The Balaban J connectivity index is 1.35. The van der Waals surface area contributed by atoms with Gasteiger partial charge in [-0.3, -0.25) is 4.90 Å². The van der Waals surface area contributed by atoms with Crippen molar-refractivity contribution in [2.45, 2.75) is 31.8 Å². The SMILES string of the molecule is CN(CCc1ccccc1)C1CCCN(Cc2cccn2-c2ccccn2)C1. The molecule has 4 nitrogen and oxygen atoms in total. The Kier molecular flexibility index (Phi) is 6.20. The highest BCUT2D eigenvalue weighted by Gasteiger charge is 2.23. The topological polar surface area (TPSA) is 24.3 Å². The molecule has 146 valence electrons. The quantitative estimate of drug-likeness (QED) is 0.624. The maximum absolute atomic E-state index is 4.51. The van der Waals surface area contributed by atoms with Crippen LogP contribution >= 0.6 is 0 Å². The van der Waals surface area contributed by atoms with Crippen LogP contribution in [0.25, 0.3) is 5.82 Å². The highest BCUT2D eigenvalue weighted by atomic mass is 15.2. The second-order valence-corrected chi connectivity index (χ2v) is 7.80. The van der Waals surface area contributed by atoms with Crippen LogP contribution in [0.4, 0.5) is 0 Å². The van der Waals surface area contributed by atoms with Gasteiger partial charge in [-0.05, 0) is 62.7 Å². The zero-order valence-corrected chi connectivity index (χ0v) is 16.7. The number of hydrogen-bond acceptors (Lipinski definition) is 3. The summed E-state index contributed by atoms with van der Waals surface area (Å²) in [4.78, 5) is 9.66. The number of likely N-dealkylation sites (N-methyl/N-ethyl adjacent to an activating group) is 1. The molecule has 0 saturated carbocycles. The summed E-state index contributed by atoms with van der Waals surface area (Å²) in [5.41, 5.74) is 2.74. The van der Waals surface area contributed by atoms with Crippen LogP contribution in [0.2, 0.25) is 0 Å². The lowest BCUT2D eigenvalue weighted by molar-refractivity contribution is 0.111. The first kappa shape index (κ1) is 18.9. The molecular weight excluding hydrogens is 344 g/mol. The maximum atomic E-state index is 4.51. The van der Waals surface area contributed by atoms with Gasteiger partial charge in [0.1, 0.15) is 5.82 Å². The molecule has 1 fully saturated rings. The summed E-state index contributed by atoms with van der Waals surface area (Å²) >= 11 is 0. The van der Waals surface area contributed by atoms with Crippen LogP contribution in [0, 0.1) is 0 Å². The molecule has 0 radical (unpaired) electrons. The molecule has 1 unspecified atom stereocenters. The van der Waals surface area contributed by atoms with Crippen molar-refractivity contribution >= 4 is 0 Å². The summed E-state index contributed by atoms with van der Waals surface area (Å²) in [6, 6.07) is 21.9. The van der Waals surface area contributed by atoms with Crippen LogP contribution in [0.3, 0.4) is 0 Å². The molecule has 1 atom stereocenters. The minimum atomic E-state index is 0.635. The van der Waals surface area contributed by atoms with E-state index in [4.69, 9.17) is 0 Å². The number of nitrogens with zero attached hydrogens (tertiary/aromatic N) is 4. The minimum Gasteiger partial charge on any atom is -0.304 e. The van der Waals surface area contributed by atoms with E-state index in [9.17, 15) is 0 Å². The lowest BCUT2D eigenvalue weighted by Crippen LogP contribution is -2.46. The lowest BCUT2D eigenvalue weighted by atomic mass is 10.0. The monoisotopic (exact) mass is 374 g/mol. The standard InChI is InChI=1S/C24H30N4/c1-26(18-14-21-9-3-2-4-10-21)22-11-7-16-27(19-22)20-23-12-8-17-28(23)24-13-5-6-15-25-24/h2-6,8-10,12-13,15,17,22H,7,11,14,16,18-20H2,1H3. The number of aromatic nitrogens is 2. The third-order valence-corrected chi connectivity index (χ3v) is 5.81. The van der Waals surface area contributed by atoms with Crippen LogP contribution in [0.1, 0.15) is 24.1 Å². The number of rotatable bonds is 7. The molecule has 1 aliphatic heterocycles. The number of pyridine rings is 1. The van der Waals surface area contributed by atoms with Gasteiger partial charge in [0.05, 0.1) is 0 Å². The fourth-order valence-electron chi connectivity index (χ4n) is 4.16. The molecule has 1 aromatic carbocycles. The van der Waals surface area contributed by atoms with Crippen molar-refractivity contribution in [3.8, 4) is 5.82 Å². The van der Waals surface area contributed by atoms with Crippen LogP contribution in [-0.2, 0) is 13.0 Å². The van der Waals surface area contributed by atoms with Crippen molar-refractivity contribution in [1.29, 1.82) is 0 Å². The van der Waals surface area contributed by atoms with Gasteiger partial charge < -0.3 is 9.47 Å². The first-order valence-corrected chi connectivity index (χ1v) is 10.3. The van der Waals surface area contributed by atoms with E-state index in [-0.39, 0.29) is 0 Å². The van der Waals surface area contributed by atoms with Gasteiger partial charge in [0, 0.05) is 43.8 Å². The fourth-order valence-corrected chi connectivity index (χ4v) is 4.16. The minimum absolute atomic E-state index is 0.635. The van der Waals surface area contributed by atoms with Crippen LogP contribution in [0.5, 0.6) is 0 Å². The van der Waals surface area contributed by atoms with E-state index in [1.807, 2.05) is 18.3 Å². The summed E-state index contributed by atoms with van der Waals surface area (Å²) in [6.45, 7) is 4.41. The molecule has 0 aliphatic carbocycles. The van der Waals surface area contributed by atoms with E-state index >= 15 is 0 Å². The van der Waals surface area contributed by atoms with Crippen molar-refractivity contribution < 1.29 is 0 Å². The van der Waals surface area contributed by atoms with E-state index in [0.29, 0.717) is 6.04 Å². The van der Waals surface area contributed by atoms with Gasteiger partial charge in [-0.15, -0.1) is 0 Å². The van der Waals surface area contributed by atoms with Gasteiger partial charge in [0.25, 0.3) is 0 Å². The molecule has 2 aromatic heterocycles. The van der Waals surface area contributed by atoms with Crippen molar-refractivity contribution in [1.82, 2.24) is 19.4 Å². The van der Waals surface area contributed by atoms with Gasteiger partial charge in [-0.1, -0.05) is 36.4 Å². The van der Waals surface area contributed by atoms with Gasteiger partial charge in [0.2, 0.25) is 0 Å². The Hall–Kier alpha value is -2.43. The Morgan fingerprint density at radius 3 is 2.71 bits per heavy atom. The summed E-state index contributed by atoms with van der Waals surface area (Å²) in [5, 5.41) is 0. The van der Waals surface area contributed by atoms with E-state index < -0.39 is 0 Å². The molecule has 4 rings (SSSR count). The number of hydrogen-bond donors (Lipinski definition) is 0. The van der Waals surface area contributed by atoms with Gasteiger partial charge in [-0.2, -0.15) is 0 Å². The Bertz CT molecular complexity index is 843. The molecule has 3 heterocycles. The second kappa shape index (κ2) is 9.18. The average Bonchev–Trinajstić information content (AvgIpc) is 3.21. The van der Waals surface area contributed by atoms with E-state index in [1.165, 1.54) is 30.6 Å². The van der Waals surface area contributed by atoms with E-state index in [2.05, 4.69) is 81.1 Å². The predicted octanol–water partition coefficient (Wildman–Crippen LogP) is 4.01. The highest BCUT2D eigenvalue weighted by Crippen LogP contribution is 2.19. The molecule has 1 saturated heterocycles. The summed E-state index contributed by atoms with van der Waals surface area (Å²) < 4.78 is 2.21. The third kappa shape index (κ3) is 4.70. The zero-order valence-electron chi connectivity index (χ0n) is 16.7. The zero-order chi connectivity index (χ0) is 19.2. The first-order chi connectivity index (χ1) is 13.8. The lowest BCUT2D eigenvalue weighted by Gasteiger charge is -2.37. The van der Waals surface area contributed by atoms with E-state index in [1.54, 1.807) is 0 Å². The highest BCUT2D eigenvalue weighted by molar-refractivity contribution is 5.27.